The van der Waals surface area contributed by atoms with Crippen molar-refractivity contribution >= 4 is 19.6 Å². The number of hydrogen-bond acceptors (Lipinski definition) is 6. The van der Waals surface area contributed by atoms with Gasteiger partial charge < -0.3 is 25.7 Å². The number of nitrogens with two attached hydrogens (primary N) is 1. The van der Waals surface area contributed by atoms with Gasteiger partial charge in [-0.2, -0.15) is 0 Å². The zero-order chi connectivity index (χ0) is 20.9. The Labute approximate surface area is 160 Å². The van der Waals surface area contributed by atoms with E-state index < -0.39 is 26.4 Å². The zero-order valence-corrected chi connectivity index (χ0v) is 15.8. The number of aliphatic carboxylic acids is 1. The van der Waals surface area contributed by atoms with E-state index in [0.717, 1.165) is 5.56 Å². The Morgan fingerprint density at radius 1 is 1.32 bits per heavy atom. The van der Waals surface area contributed by atoms with Gasteiger partial charge in [0.2, 0.25) is 0 Å². The van der Waals surface area contributed by atoms with Gasteiger partial charge >= 0.3 is 13.8 Å². The molecule has 0 amide bonds. The third-order valence-corrected chi connectivity index (χ3v) is 4.28. The second kappa shape index (κ2) is 8.94. The number of hydrogen-bond donors (Lipinski definition) is 5. The first kappa shape index (κ1) is 21.5. The number of nitrogens with zero attached hydrogens (tertiary/aromatic N) is 2. The molecule has 1 atom stereocenters. The molecule has 0 aliphatic carbocycles. The number of aryl methyl sites for hydroxylation is 1. The van der Waals surface area contributed by atoms with E-state index in [4.69, 9.17) is 15.5 Å². The number of amidine groups is 1. The summed E-state index contributed by atoms with van der Waals surface area (Å²) in [4.78, 5) is 37.3. The number of aromatic hydroxyl groups is 1. The molecule has 0 saturated carbocycles. The Kier molecular flexibility index (Phi) is 6.87. The van der Waals surface area contributed by atoms with Crippen molar-refractivity contribution in [1.29, 1.82) is 0 Å². The molecule has 0 aliphatic rings. The highest BCUT2D eigenvalue weighted by Crippen LogP contribution is 2.38. The van der Waals surface area contributed by atoms with Crippen molar-refractivity contribution in [3.8, 4) is 5.75 Å². The van der Waals surface area contributed by atoms with Crippen LogP contribution < -0.4 is 5.73 Å². The predicted octanol–water partition coefficient (Wildman–Crippen LogP) is 1.11. The van der Waals surface area contributed by atoms with Crippen LogP contribution in [0.25, 0.3) is 0 Å². The van der Waals surface area contributed by atoms with Crippen molar-refractivity contribution in [2.45, 2.75) is 26.0 Å². The summed E-state index contributed by atoms with van der Waals surface area (Å²) in [5.74, 6) is -1.90. The first-order valence-corrected chi connectivity index (χ1v) is 9.59. The molecule has 10 nitrogen and oxygen atoms in total. The molecule has 150 valence electrons. The Morgan fingerprint density at radius 3 is 2.54 bits per heavy atom. The van der Waals surface area contributed by atoms with Gasteiger partial charge in [0.25, 0.3) is 0 Å². The molecule has 2 rings (SSSR count). The lowest BCUT2D eigenvalue weighted by Crippen LogP contribution is -2.27. The normalized spacial score (nSPS) is 13.3. The van der Waals surface area contributed by atoms with E-state index in [1.807, 2.05) is 0 Å². The topological polar surface area (TPSA) is 176 Å². The van der Waals surface area contributed by atoms with Crippen LogP contribution in [-0.4, -0.2) is 42.8 Å². The van der Waals surface area contributed by atoms with E-state index in [1.54, 1.807) is 30.3 Å². The van der Waals surface area contributed by atoms with Gasteiger partial charge in [-0.1, -0.05) is 30.3 Å². The number of phosphoric acid groups is 1. The fourth-order valence-corrected chi connectivity index (χ4v) is 2.75. The fourth-order valence-electron chi connectivity index (χ4n) is 2.44. The molecular formula is C17H20N3O7P. The summed E-state index contributed by atoms with van der Waals surface area (Å²) in [5.41, 5.74) is 6.83. The van der Waals surface area contributed by atoms with Crippen molar-refractivity contribution in [3.05, 3.63) is 58.9 Å². The number of pyridine rings is 1. The van der Waals surface area contributed by atoms with Crippen LogP contribution in [0.1, 0.15) is 22.4 Å². The second-order valence-electron chi connectivity index (χ2n) is 5.91. The number of carboxylic acids is 1. The number of aliphatic imine (C=N–C) groups is 1. The first-order valence-electron chi connectivity index (χ1n) is 8.06. The average molecular weight is 409 g/mol. The summed E-state index contributed by atoms with van der Waals surface area (Å²) < 4.78 is 15.4. The molecule has 0 saturated heterocycles. The van der Waals surface area contributed by atoms with Gasteiger partial charge in [-0.05, 0) is 12.5 Å². The lowest BCUT2D eigenvalue weighted by molar-refractivity contribution is -0.138. The molecule has 0 bridgehead atoms. The van der Waals surface area contributed by atoms with E-state index in [2.05, 4.69) is 14.5 Å². The van der Waals surface area contributed by atoms with Crippen LogP contribution in [0.15, 0.2) is 41.5 Å². The number of benzene rings is 1. The van der Waals surface area contributed by atoms with Crippen LogP contribution in [-0.2, 0) is 26.9 Å². The molecule has 0 radical (unpaired) electrons. The molecule has 11 heteroatoms. The van der Waals surface area contributed by atoms with Crippen molar-refractivity contribution in [1.82, 2.24) is 4.98 Å². The maximum absolute atomic E-state index is 11.6. The van der Waals surface area contributed by atoms with Gasteiger partial charge in [0.05, 0.1) is 17.9 Å². The third kappa shape index (κ3) is 5.86. The van der Waals surface area contributed by atoms with Gasteiger partial charge in [-0.15, -0.1) is 0 Å². The van der Waals surface area contributed by atoms with E-state index >= 15 is 0 Å². The average Bonchev–Trinajstić information content (AvgIpc) is 2.62. The smallest absolute Gasteiger partial charge is 0.469 e. The monoisotopic (exact) mass is 409 g/mol. The second-order valence-corrected chi connectivity index (χ2v) is 7.15. The largest absolute Gasteiger partial charge is 0.505 e. The number of rotatable bonds is 8. The van der Waals surface area contributed by atoms with Gasteiger partial charge in [0.1, 0.15) is 11.6 Å². The molecule has 1 aromatic heterocycles. The lowest BCUT2D eigenvalue weighted by atomic mass is 10.0. The van der Waals surface area contributed by atoms with Crippen molar-refractivity contribution in [2.75, 3.05) is 0 Å². The molecule has 1 heterocycles. The maximum Gasteiger partial charge on any atom is 0.469 e. The fraction of sp³-hybridized carbons (Fsp3) is 0.235. The minimum Gasteiger partial charge on any atom is -0.505 e. The van der Waals surface area contributed by atoms with Crippen LogP contribution >= 0.6 is 7.82 Å². The van der Waals surface area contributed by atoms with Crippen molar-refractivity contribution in [3.63, 3.8) is 0 Å². The highest BCUT2D eigenvalue weighted by Gasteiger charge is 2.23. The van der Waals surface area contributed by atoms with Crippen LogP contribution in [0.4, 0.5) is 0 Å². The number of aromatic nitrogens is 1. The molecule has 28 heavy (non-hydrogen) atoms. The molecule has 0 spiro atoms. The Hall–Kier alpha value is -2.78. The summed E-state index contributed by atoms with van der Waals surface area (Å²) >= 11 is 0. The summed E-state index contributed by atoms with van der Waals surface area (Å²) in [6.07, 6.45) is 1.28. The molecule has 0 unspecified atom stereocenters. The highest BCUT2D eigenvalue weighted by molar-refractivity contribution is 7.46. The number of carboxylic acid groups (broad SMARTS) is 1. The predicted molar refractivity (Wildman–Crippen MR) is 99.8 cm³/mol. The van der Waals surface area contributed by atoms with Crippen LogP contribution in [0.5, 0.6) is 5.75 Å². The zero-order valence-electron chi connectivity index (χ0n) is 14.9. The summed E-state index contributed by atoms with van der Waals surface area (Å²) in [5, 5.41) is 19.8. The molecule has 2 aromatic rings. The van der Waals surface area contributed by atoms with E-state index in [-0.39, 0.29) is 34.8 Å². The summed E-state index contributed by atoms with van der Waals surface area (Å²) in [7, 11) is -4.78. The molecule has 0 fully saturated rings. The van der Waals surface area contributed by atoms with Gasteiger partial charge in [0.15, 0.2) is 6.04 Å². The Bertz CT molecular complexity index is 928. The van der Waals surface area contributed by atoms with Crippen LogP contribution in [0.3, 0.4) is 0 Å². The third-order valence-electron chi connectivity index (χ3n) is 3.81. The van der Waals surface area contributed by atoms with Gasteiger partial charge in [-0.3, -0.25) is 14.5 Å². The molecular weight excluding hydrogens is 389 g/mol. The van der Waals surface area contributed by atoms with E-state index in [0.29, 0.717) is 0 Å². The maximum atomic E-state index is 11.6. The molecule has 0 aliphatic heterocycles. The van der Waals surface area contributed by atoms with Crippen molar-refractivity contribution in [2.24, 2.45) is 10.7 Å². The Balaban J connectivity index is 2.41. The van der Waals surface area contributed by atoms with E-state index in [9.17, 15) is 19.6 Å². The van der Waals surface area contributed by atoms with Gasteiger partial charge in [-0.25, -0.2) is 9.36 Å². The standard InChI is InChI=1S/C17H20N3O7P/c1-10-15(21)14(12(8-19-10)9-27-28(24,25)26)16(18)20-13(17(22)23)7-11-5-3-2-4-6-11/h2-6,8,13,21H,7,9H2,1H3,(H2,18,20)(H,22,23)(H2,24,25,26)/t13-/m0/s1. The number of carbonyl (C=O) groups is 1. The lowest BCUT2D eigenvalue weighted by Gasteiger charge is -2.15. The van der Waals surface area contributed by atoms with Gasteiger partial charge in [0, 0.05) is 18.2 Å². The van der Waals surface area contributed by atoms with Crippen LogP contribution in [0.2, 0.25) is 0 Å². The minimum absolute atomic E-state index is 0.0523. The highest BCUT2D eigenvalue weighted by atomic mass is 31.2. The summed E-state index contributed by atoms with van der Waals surface area (Å²) in [6, 6.07) is 7.57. The molecule has 1 aromatic carbocycles. The SMILES string of the molecule is Cc1ncc(COP(=O)(O)O)c(C(N)=N[C@@H](Cc2ccccc2)C(=O)O)c1O. The Morgan fingerprint density at radius 2 is 1.96 bits per heavy atom. The quantitative estimate of drug-likeness (QED) is 0.243. The van der Waals surface area contributed by atoms with Crippen molar-refractivity contribution < 1.29 is 33.9 Å². The van der Waals surface area contributed by atoms with E-state index in [1.165, 1.54) is 13.1 Å². The number of phosphoric ester groups is 1. The first-order chi connectivity index (χ1) is 13.1. The summed E-state index contributed by atoms with van der Waals surface area (Å²) in [6.45, 7) is 0.880. The van der Waals surface area contributed by atoms with Crippen LogP contribution in [0, 0.1) is 6.92 Å². The minimum atomic E-state index is -4.78. The molecule has 6 N–H and O–H groups in total.